The predicted octanol–water partition coefficient (Wildman–Crippen LogP) is 28.7. The van der Waals surface area contributed by atoms with Crippen LogP contribution in [0.4, 0.5) is 0 Å². The highest BCUT2D eigenvalue weighted by atomic mass is 16.5. The number of hydrogen-bond donors (Lipinski definition) is 2. The van der Waals surface area contributed by atoms with Crippen molar-refractivity contribution < 1.29 is 18.9 Å². The highest BCUT2D eigenvalue weighted by molar-refractivity contribution is 5.97. The molecule has 0 radical (unpaired) electrons. The van der Waals surface area contributed by atoms with Gasteiger partial charge in [-0.2, -0.15) is 0 Å². The van der Waals surface area contributed by atoms with Crippen molar-refractivity contribution in [3.05, 3.63) is 193 Å². The molecule has 6 aromatic carbocycles. The number of nitrogens with one attached hydrogen (secondary N) is 2. The van der Waals surface area contributed by atoms with Crippen LogP contribution in [-0.2, 0) is 0 Å². The smallest absolute Gasteiger partial charge is 0.119 e. The summed E-state index contributed by atoms with van der Waals surface area (Å²) < 4.78 is 25.4. The van der Waals surface area contributed by atoms with Crippen molar-refractivity contribution in [1.82, 2.24) is 19.9 Å². The van der Waals surface area contributed by atoms with Crippen molar-refractivity contribution in [2.75, 3.05) is 26.4 Å². The first-order chi connectivity index (χ1) is 51.4. The quantitative estimate of drug-likeness (QED) is 0.0369. The normalized spacial score (nSPS) is 11.8. The van der Waals surface area contributed by atoms with E-state index in [-0.39, 0.29) is 0 Å². The average molecular weight is 1390 g/mol. The van der Waals surface area contributed by atoms with Gasteiger partial charge < -0.3 is 28.9 Å². The molecule has 0 aliphatic carbocycles. The molecule has 0 saturated heterocycles. The molecule has 9 aromatic rings. The zero-order valence-electron chi connectivity index (χ0n) is 63.5. The summed E-state index contributed by atoms with van der Waals surface area (Å²) in [6.45, 7) is 12.0. The second-order valence-corrected chi connectivity index (χ2v) is 29.1. The number of H-pyrrole nitrogens is 2. The van der Waals surface area contributed by atoms with Crippen molar-refractivity contribution in [2.24, 2.45) is 0 Å². The van der Waals surface area contributed by atoms with Gasteiger partial charge in [-0.3, -0.25) is 0 Å². The molecular weight excluding hydrogens is 1270 g/mol. The zero-order chi connectivity index (χ0) is 71.6. The van der Waals surface area contributed by atoms with E-state index in [1.165, 1.54) is 180 Å². The van der Waals surface area contributed by atoms with E-state index in [2.05, 4.69) is 232 Å². The van der Waals surface area contributed by atoms with Gasteiger partial charge in [0.15, 0.2) is 0 Å². The summed E-state index contributed by atoms with van der Waals surface area (Å²) in [7, 11) is 0. The van der Waals surface area contributed by atoms with Crippen LogP contribution in [0.5, 0.6) is 23.0 Å². The largest absolute Gasteiger partial charge is 0.494 e. The molecule has 0 fully saturated rings. The van der Waals surface area contributed by atoms with Crippen LogP contribution in [0, 0.1) is 0 Å². The van der Waals surface area contributed by atoms with Gasteiger partial charge in [-0.15, -0.1) is 0 Å². The first-order valence-corrected chi connectivity index (χ1v) is 40.8. The molecule has 5 heterocycles. The second-order valence-electron chi connectivity index (χ2n) is 29.1. The minimum absolute atomic E-state index is 0.727. The molecule has 0 amide bonds. The zero-order valence-corrected chi connectivity index (χ0v) is 63.5. The number of hydrogen-bond acceptors (Lipinski definition) is 6. The molecule has 104 heavy (non-hydrogen) atoms. The standard InChI is InChI=1S/C96H118N4O4/c1-5-9-13-17-21-25-29-33-65-101-83-51-37-73(38-52-83)87-59-45-77(69-89(87)75-41-55-85(56-42-75)103-67-35-31-27-23-19-15-11-7-3)95-91-61-47-79(97-91)71-81-49-63-93(99-81)96(94-64-50-82(100-94)72-80-48-62-92(95)98-80)78-46-60-88(74-39-53-84(54-40-74)102-66-34-30-26-22-18-14-10-6-2)90(70-78)76-43-57-86(58-44-76)104-68-36-32-28-24-20-16-12-8-4/h37-64,69-72,97,100H,5-36,65-68H2,1-4H3. The van der Waals surface area contributed by atoms with Gasteiger partial charge in [-0.1, -0.05) is 280 Å². The van der Waals surface area contributed by atoms with Crippen molar-refractivity contribution in [3.8, 4) is 89.8 Å². The lowest BCUT2D eigenvalue weighted by atomic mass is 9.90. The third kappa shape index (κ3) is 23.1. The van der Waals surface area contributed by atoms with Gasteiger partial charge in [-0.05, 0) is 203 Å². The number of unbranched alkanes of at least 4 members (excludes halogenated alkanes) is 28. The molecule has 0 atom stereocenters. The van der Waals surface area contributed by atoms with Crippen LogP contribution in [0.15, 0.2) is 170 Å². The number of aromatic nitrogens is 4. The van der Waals surface area contributed by atoms with Crippen LogP contribution >= 0.6 is 0 Å². The average Bonchev–Trinajstić information content (AvgIpc) is 1.55. The third-order valence-corrected chi connectivity index (χ3v) is 20.7. The Labute approximate surface area is 623 Å². The Bertz CT molecular complexity index is 3990. The van der Waals surface area contributed by atoms with Crippen LogP contribution in [0.25, 0.3) is 113 Å². The maximum absolute atomic E-state index is 6.37. The highest BCUT2D eigenvalue weighted by Crippen LogP contribution is 2.42. The summed E-state index contributed by atoms with van der Waals surface area (Å²) in [6, 6.07) is 61.6. The van der Waals surface area contributed by atoms with E-state index in [0.717, 1.165) is 187 Å². The molecule has 2 aliphatic heterocycles. The van der Waals surface area contributed by atoms with Gasteiger partial charge in [0.2, 0.25) is 0 Å². The van der Waals surface area contributed by atoms with Gasteiger partial charge in [0.1, 0.15) is 23.0 Å². The molecular formula is C96H118N4O4. The lowest BCUT2D eigenvalue weighted by Crippen LogP contribution is -1.98. The molecule has 0 spiro atoms. The Kier molecular flexibility index (Phi) is 30.9. The summed E-state index contributed by atoms with van der Waals surface area (Å²) >= 11 is 0. The van der Waals surface area contributed by atoms with Crippen molar-refractivity contribution in [2.45, 2.75) is 233 Å². The predicted molar refractivity (Wildman–Crippen MR) is 444 cm³/mol. The highest BCUT2D eigenvalue weighted by Gasteiger charge is 2.19. The van der Waals surface area contributed by atoms with Crippen LogP contribution in [-0.4, -0.2) is 46.4 Å². The van der Waals surface area contributed by atoms with Crippen LogP contribution < -0.4 is 18.9 Å². The molecule has 11 rings (SSSR count). The fourth-order valence-electron chi connectivity index (χ4n) is 14.7. The monoisotopic (exact) mass is 1390 g/mol. The summed E-state index contributed by atoms with van der Waals surface area (Å²) in [5, 5.41) is 0. The lowest BCUT2D eigenvalue weighted by Gasteiger charge is -2.15. The van der Waals surface area contributed by atoms with Crippen molar-refractivity contribution in [1.29, 1.82) is 0 Å². The molecule has 8 bridgehead atoms. The number of nitrogens with zero attached hydrogens (tertiary/aromatic N) is 2. The topological polar surface area (TPSA) is 94.3 Å². The third-order valence-electron chi connectivity index (χ3n) is 20.7. The summed E-state index contributed by atoms with van der Waals surface area (Å²) in [4.78, 5) is 18.6. The second kappa shape index (κ2) is 42.2. The van der Waals surface area contributed by atoms with Gasteiger partial charge in [0.25, 0.3) is 0 Å². The maximum atomic E-state index is 6.37. The minimum Gasteiger partial charge on any atom is -0.494 e. The molecule has 8 heteroatoms. The van der Waals surface area contributed by atoms with E-state index in [1.54, 1.807) is 0 Å². The Morgan fingerprint density at radius 1 is 0.240 bits per heavy atom. The van der Waals surface area contributed by atoms with Gasteiger partial charge in [0.05, 0.1) is 49.2 Å². The van der Waals surface area contributed by atoms with Gasteiger partial charge in [0, 0.05) is 33.2 Å². The Hall–Kier alpha value is -8.88. The Morgan fingerprint density at radius 3 is 0.788 bits per heavy atom. The van der Waals surface area contributed by atoms with Gasteiger partial charge in [-0.25, -0.2) is 9.97 Å². The van der Waals surface area contributed by atoms with Crippen molar-refractivity contribution in [3.63, 3.8) is 0 Å². The van der Waals surface area contributed by atoms with E-state index < -0.39 is 0 Å². The van der Waals surface area contributed by atoms with E-state index >= 15 is 0 Å². The molecule has 8 nitrogen and oxygen atoms in total. The lowest BCUT2D eigenvalue weighted by molar-refractivity contribution is 0.304. The van der Waals surface area contributed by atoms with E-state index in [9.17, 15) is 0 Å². The molecule has 2 N–H and O–H groups in total. The van der Waals surface area contributed by atoms with Crippen molar-refractivity contribution >= 4 is 46.4 Å². The number of ether oxygens (including phenoxy) is 4. The fourth-order valence-corrected chi connectivity index (χ4v) is 14.7. The number of fused-ring (bicyclic) bond motifs is 8. The SMILES string of the molecule is CCCCCCCCCCOc1ccc(-c2ccc(-c3c4nc(cc5ccc([nH]5)c(-c5ccc(-c6ccc(OCCCCCCCCCC)cc6)c(-c6ccc(OCCCCCCCCCC)cc6)c5)c5nc(cc6ccc3[nH]6)C=C5)C=C4)cc2-c2ccc(OCCCCCCCCCC)cc2)cc1. The molecule has 546 valence electrons. The molecule has 0 saturated carbocycles. The summed E-state index contributed by atoms with van der Waals surface area (Å²) in [5.41, 5.74) is 20.4. The van der Waals surface area contributed by atoms with Crippen LogP contribution in [0.2, 0.25) is 0 Å². The fraction of sp³-hybridized carbons (Fsp3) is 0.417. The minimum atomic E-state index is 0.727. The molecule has 0 unspecified atom stereocenters. The van der Waals surface area contributed by atoms with E-state index in [4.69, 9.17) is 28.9 Å². The number of rotatable bonds is 46. The van der Waals surface area contributed by atoms with E-state index in [1.807, 2.05) is 0 Å². The molecule has 3 aromatic heterocycles. The van der Waals surface area contributed by atoms with Gasteiger partial charge >= 0.3 is 0 Å². The first-order valence-electron chi connectivity index (χ1n) is 40.8. The summed E-state index contributed by atoms with van der Waals surface area (Å²) in [6.07, 6.45) is 49.4. The number of benzene rings is 6. The Morgan fingerprint density at radius 2 is 0.500 bits per heavy atom. The molecule has 2 aliphatic rings. The van der Waals surface area contributed by atoms with Crippen LogP contribution in [0.1, 0.15) is 256 Å². The Balaban J connectivity index is 0.899. The first kappa shape index (κ1) is 76.3. The number of aromatic amines is 2. The summed E-state index contributed by atoms with van der Waals surface area (Å²) in [5.74, 6) is 3.61. The maximum Gasteiger partial charge on any atom is 0.119 e. The van der Waals surface area contributed by atoms with Crippen LogP contribution in [0.3, 0.4) is 0 Å². The van der Waals surface area contributed by atoms with E-state index in [0.29, 0.717) is 0 Å².